The summed E-state index contributed by atoms with van der Waals surface area (Å²) in [5.74, 6) is -6.80. The molecule has 0 bridgehead atoms. The van der Waals surface area contributed by atoms with Gasteiger partial charge in [0.25, 0.3) is 0 Å². The van der Waals surface area contributed by atoms with Crippen molar-refractivity contribution < 1.29 is 52.5 Å². The molecule has 0 amide bonds. The molecule has 2 aromatic carbocycles. The maximum Gasteiger partial charge on any atom is 0.355 e. The second-order valence-corrected chi connectivity index (χ2v) is 11.7. The van der Waals surface area contributed by atoms with E-state index in [1.54, 1.807) is 41.4 Å². The molecule has 0 unspecified atom stereocenters. The Morgan fingerprint density at radius 3 is 1.88 bits per heavy atom. The maximum atomic E-state index is 14.3. The highest BCUT2D eigenvalue weighted by Gasteiger charge is 2.71. The number of hydrogen-bond acceptors (Lipinski definition) is 13. The zero-order chi connectivity index (χ0) is 35.4. The van der Waals surface area contributed by atoms with Crippen LogP contribution in [0.5, 0.6) is 0 Å². The molecule has 6 rings (SSSR count). The Bertz CT molecular complexity index is 1910. The molecule has 2 aromatic rings. The SMILES string of the molecule is CCOC(=O)[C@@]1(C(C)=O)C(C(=O)OC)=C(C(=O)OC)N2[C@H]3C(C(=O)OC)=C(C(=O)OC)N4C=Cc5ccccc5[C@H]4[C@H]3c3ccccc3[C@@H]21. The van der Waals surface area contributed by atoms with Crippen LogP contribution in [-0.2, 0) is 52.5 Å². The highest BCUT2D eigenvalue weighted by atomic mass is 16.5. The van der Waals surface area contributed by atoms with Crippen molar-refractivity contribution in [3.8, 4) is 0 Å². The summed E-state index contributed by atoms with van der Waals surface area (Å²) in [6, 6.07) is 11.0. The predicted octanol–water partition coefficient (Wildman–Crippen LogP) is 2.89. The van der Waals surface area contributed by atoms with Gasteiger partial charge in [-0.25, -0.2) is 19.2 Å². The number of ketones is 1. The minimum absolute atomic E-state index is 0.170. The zero-order valence-electron chi connectivity index (χ0n) is 27.7. The van der Waals surface area contributed by atoms with E-state index >= 15 is 0 Å². The van der Waals surface area contributed by atoms with Crippen molar-refractivity contribution in [2.45, 2.75) is 37.9 Å². The van der Waals surface area contributed by atoms with Crippen LogP contribution in [0.1, 0.15) is 54.1 Å². The third-order valence-corrected chi connectivity index (χ3v) is 9.75. The lowest BCUT2D eigenvalue weighted by Crippen LogP contribution is -2.59. The molecule has 4 heterocycles. The van der Waals surface area contributed by atoms with Crippen LogP contribution in [0.15, 0.2) is 77.3 Å². The smallest absolute Gasteiger partial charge is 0.355 e. The molecule has 13 heteroatoms. The first-order valence-electron chi connectivity index (χ1n) is 15.5. The van der Waals surface area contributed by atoms with Gasteiger partial charge in [-0.1, -0.05) is 48.5 Å². The summed E-state index contributed by atoms with van der Waals surface area (Å²) in [4.78, 5) is 87.3. The third-order valence-electron chi connectivity index (χ3n) is 9.75. The number of Topliss-reactive ketones (excluding diaryl/α,β-unsaturated/α-hetero) is 1. The van der Waals surface area contributed by atoms with Crippen molar-refractivity contribution in [3.63, 3.8) is 0 Å². The van der Waals surface area contributed by atoms with E-state index < -0.39 is 76.4 Å². The summed E-state index contributed by atoms with van der Waals surface area (Å²) in [6.45, 7) is 2.49. The fraction of sp³-hybridized carbons (Fsp3) is 0.333. The molecule has 0 radical (unpaired) electrons. The Kier molecular flexibility index (Phi) is 8.39. The van der Waals surface area contributed by atoms with E-state index in [-0.39, 0.29) is 17.9 Å². The van der Waals surface area contributed by atoms with Gasteiger partial charge in [-0.15, -0.1) is 0 Å². The molecule has 254 valence electrons. The van der Waals surface area contributed by atoms with E-state index in [2.05, 4.69) is 0 Å². The van der Waals surface area contributed by atoms with Crippen molar-refractivity contribution in [3.05, 3.63) is 99.5 Å². The monoisotopic (exact) mass is 670 g/mol. The van der Waals surface area contributed by atoms with Gasteiger partial charge in [0.2, 0.25) is 0 Å². The van der Waals surface area contributed by atoms with Gasteiger partial charge >= 0.3 is 29.8 Å². The van der Waals surface area contributed by atoms with Gasteiger partial charge in [-0.3, -0.25) is 9.59 Å². The topological polar surface area (TPSA) is 155 Å². The van der Waals surface area contributed by atoms with Crippen molar-refractivity contribution in [1.82, 2.24) is 9.80 Å². The Morgan fingerprint density at radius 1 is 0.714 bits per heavy atom. The molecule has 4 aliphatic rings. The van der Waals surface area contributed by atoms with Crippen molar-refractivity contribution >= 4 is 41.7 Å². The highest BCUT2D eigenvalue weighted by Crippen LogP contribution is 2.65. The molecule has 0 spiro atoms. The first-order valence-corrected chi connectivity index (χ1v) is 15.5. The van der Waals surface area contributed by atoms with Crippen LogP contribution in [0.2, 0.25) is 0 Å². The van der Waals surface area contributed by atoms with Gasteiger partial charge in [-0.05, 0) is 42.2 Å². The second kappa shape index (κ2) is 12.4. The standard InChI is InChI=1S/C36H34N2O11/c1-7-49-35(44)36(18(2)39)25(32(41)46-4)29(34(43)48-6)38-27-23(21-14-10-11-15-22(21)30(36)38)26-20-13-9-8-12-19(20)16-17-37(26)28(33(42)47-5)24(27)31(40)45-3/h8-17,23,26-27,30H,7H2,1-6H3/t23-,26+,27-,30-,36+/m1/s1. The van der Waals surface area contributed by atoms with E-state index in [0.717, 1.165) is 39.4 Å². The van der Waals surface area contributed by atoms with Crippen LogP contribution < -0.4 is 0 Å². The van der Waals surface area contributed by atoms with E-state index in [1.165, 1.54) is 18.9 Å². The molecule has 0 saturated carbocycles. The predicted molar refractivity (Wildman–Crippen MR) is 169 cm³/mol. The Morgan fingerprint density at radius 2 is 1.29 bits per heavy atom. The number of esters is 5. The maximum absolute atomic E-state index is 14.3. The summed E-state index contributed by atoms with van der Waals surface area (Å²) in [7, 11) is 4.43. The quantitative estimate of drug-likeness (QED) is 0.241. The fourth-order valence-electron chi connectivity index (χ4n) is 8.01. The number of fused-ring (bicyclic) bond motifs is 10. The van der Waals surface area contributed by atoms with Crippen LogP contribution in [0.4, 0.5) is 0 Å². The first-order chi connectivity index (χ1) is 23.6. The molecule has 5 atom stereocenters. The van der Waals surface area contributed by atoms with Crippen molar-refractivity contribution in [1.29, 1.82) is 0 Å². The summed E-state index contributed by atoms with van der Waals surface area (Å²) < 4.78 is 26.4. The lowest BCUT2D eigenvalue weighted by Gasteiger charge is -2.56. The molecule has 49 heavy (non-hydrogen) atoms. The highest BCUT2D eigenvalue weighted by molar-refractivity contribution is 6.18. The van der Waals surface area contributed by atoms with E-state index in [0.29, 0.717) is 11.1 Å². The summed E-state index contributed by atoms with van der Waals surface area (Å²) in [6.07, 6.45) is 3.47. The fourth-order valence-corrected chi connectivity index (χ4v) is 8.01. The van der Waals surface area contributed by atoms with Gasteiger partial charge in [0, 0.05) is 12.1 Å². The minimum Gasteiger partial charge on any atom is -0.466 e. The summed E-state index contributed by atoms with van der Waals surface area (Å²) in [5.41, 5.74) is -1.39. The Labute approximate surface area is 281 Å². The lowest BCUT2D eigenvalue weighted by molar-refractivity contribution is -0.163. The average Bonchev–Trinajstić information content (AvgIpc) is 3.46. The first kappa shape index (κ1) is 33.2. The van der Waals surface area contributed by atoms with Crippen LogP contribution in [-0.4, -0.2) is 86.5 Å². The number of benzene rings is 2. The van der Waals surface area contributed by atoms with Gasteiger partial charge in [-0.2, -0.15) is 0 Å². The van der Waals surface area contributed by atoms with Crippen LogP contribution in [0.25, 0.3) is 6.08 Å². The number of methoxy groups -OCH3 is 4. The number of hydrogen-bond donors (Lipinski definition) is 0. The van der Waals surface area contributed by atoms with Crippen LogP contribution in [0, 0.1) is 5.41 Å². The molecule has 0 fully saturated rings. The lowest BCUT2D eigenvalue weighted by atomic mass is 9.63. The number of carbonyl (C=O) groups is 6. The minimum atomic E-state index is -2.47. The molecular formula is C36H34N2O11. The van der Waals surface area contributed by atoms with Gasteiger partial charge in [0.05, 0.1) is 64.3 Å². The van der Waals surface area contributed by atoms with Crippen molar-refractivity contribution in [2.24, 2.45) is 5.41 Å². The normalized spacial score (nSPS) is 24.4. The number of nitrogens with zero attached hydrogens (tertiary/aromatic N) is 2. The van der Waals surface area contributed by atoms with Gasteiger partial charge in [0.15, 0.2) is 11.2 Å². The zero-order valence-corrected chi connectivity index (χ0v) is 27.7. The summed E-state index contributed by atoms with van der Waals surface area (Å²) >= 11 is 0. The summed E-state index contributed by atoms with van der Waals surface area (Å²) in [5, 5.41) is 0. The van der Waals surface area contributed by atoms with Crippen LogP contribution >= 0.6 is 0 Å². The molecule has 0 aliphatic carbocycles. The Balaban J connectivity index is 1.85. The average molecular weight is 671 g/mol. The number of ether oxygens (including phenoxy) is 5. The third kappa shape index (κ3) is 4.44. The van der Waals surface area contributed by atoms with E-state index in [9.17, 15) is 28.8 Å². The van der Waals surface area contributed by atoms with E-state index in [4.69, 9.17) is 23.7 Å². The molecule has 4 aliphatic heterocycles. The van der Waals surface area contributed by atoms with Gasteiger partial charge in [0.1, 0.15) is 11.4 Å². The largest absolute Gasteiger partial charge is 0.466 e. The molecule has 0 aromatic heterocycles. The van der Waals surface area contributed by atoms with Crippen LogP contribution in [0.3, 0.4) is 0 Å². The molecular weight excluding hydrogens is 636 g/mol. The molecule has 13 nitrogen and oxygen atoms in total. The van der Waals surface area contributed by atoms with E-state index in [1.807, 2.05) is 24.3 Å². The number of carbonyl (C=O) groups excluding carboxylic acids is 6. The second-order valence-electron chi connectivity index (χ2n) is 11.7. The molecule has 0 N–H and O–H groups in total. The van der Waals surface area contributed by atoms with Gasteiger partial charge < -0.3 is 33.5 Å². The Hall–Kier alpha value is -5.72. The van der Waals surface area contributed by atoms with Crippen molar-refractivity contribution in [2.75, 3.05) is 35.0 Å². The molecule has 0 saturated heterocycles. The number of rotatable bonds is 7.